The lowest BCUT2D eigenvalue weighted by atomic mass is 9.94. The molecule has 19 heavy (non-hydrogen) atoms. The fourth-order valence-corrected chi connectivity index (χ4v) is 2.89. The number of hydrogen-bond acceptors (Lipinski definition) is 3. The molecule has 1 fully saturated rings. The van der Waals surface area contributed by atoms with E-state index in [1.165, 1.54) is 19.3 Å². The van der Waals surface area contributed by atoms with E-state index in [9.17, 15) is 4.79 Å². The van der Waals surface area contributed by atoms with Gasteiger partial charge in [0.15, 0.2) is 0 Å². The predicted molar refractivity (Wildman–Crippen MR) is 77.2 cm³/mol. The molecule has 1 saturated carbocycles. The SMILES string of the molecule is CCN(C(=O)c1nc(N)ccc1Cl)C1CCCCC1. The molecule has 1 aliphatic rings. The summed E-state index contributed by atoms with van der Waals surface area (Å²) in [6.45, 7) is 2.67. The minimum absolute atomic E-state index is 0.105. The molecule has 0 aromatic carbocycles. The van der Waals surface area contributed by atoms with Gasteiger partial charge >= 0.3 is 0 Å². The highest BCUT2D eigenvalue weighted by Crippen LogP contribution is 2.25. The zero-order chi connectivity index (χ0) is 13.8. The van der Waals surface area contributed by atoms with Gasteiger partial charge in [-0.25, -0.2) is 4.98 Å². The van der Waals surface area contributed by atoms with Gasteiger partial charge in [-0.2, -0.15) is 0 Å². The number of anilines is 1. The predicted octanol–water partition coefficient (Wildman–Crippen LogP) is 3.11. The molecule has 2 N–H and O–H groups in total. The monoisotopic (exact) mass is 281 g/mol. The van der Waals surface area contributed by atoms with E-state index in [1.54, 1.807) is 12.1 Å². The van der Waals surface area contributed by atoms with Crippen LogP contribution < -0.4 is 5.73 Å². The number of aromatic nitrogens is 1. The van der Waals surface area contributed by atoms with Crippen LogP contribution in [0.5, 0.6) is 0 Å². The van der Waals surface area contributed by atoms with Crippen LogP contribution in [0.25, 0.3) is 0 Å². The fourth-order valence-electron chi connectivity index (χ4n) is 2.70. The van der Waals surface area contributed by atoms with Gasteiger partial charge in [-0.05, 0) is 31.9 Å². The second kappa shape index (κ2) is 6.24. The average Bonchev–Trinajstić information content (AvgIpc) is 2.43. The molecular formula is C14H20ClN3O. The Hall–Kier alpha value is -1.29. The van der Waals surface area contributed by atoms with Crippen LogP contribution in [-0.2, 0) is 0 Å². The molecule has 0 atom stereocenters. The molecule has 0 bridgehead atoms. The number of pyridine rings is 1. The zero-order valence-corrected chi connectivity index (χ0v) is 12.0. The van der Waals surface area contributed by atoms with Crippen molar-refractivity contribution in [1.82, 2.24) is 9.88 Å². The smallest absolute Gasteiger partial charge is 0.274 e. The molecule has 0 unspecified atom stereocenters. The van der Waals surface area contributed by atoms with Gasteiger partial charge in [0, 0.05) is 12.6 Å². The number of nitrogen functional groups attached to an aromatic ring is 1. The second-order valence-corrected chi connectivity index (χ2v) is 5.36. The van der Waals surface area contributed by atoms with Gasteiger partial charge < -0.3 is 10.6 Å². The first-order chi connectivity index (χ1) is 9.13. The lowest BCUT2D eigenvalue weighted by molar-refractivity contribution is 0.0642. The Morgan fingerprint density at radius 2 is 2.11 bits per heavy atom. The van der Waals surface area contributed by atoms with Crippen molar-refractivity contribution in [1.29, 1.82) is 0 Å². The van der Waals surface area contributed by atoms with Gasteiger partial charge in [-0.3, -0.25) is 4.79 Å². The van der Waals surface area contributed by atoms with Crippen LogP contribution in [0.1, 0.15) is 49.5 Å². The van der Waals surface area contributed by atoms with Crippen LogP contribution in [0.4, 0.5) is 5.82 Å². The number of halogens is 1. The fraction of sp³-hybridized carbons (Fsp3) is 0.571. The number of nitrogens with zero attached hydrogens (tertiary/aromatic N) is 2. The molecule has 1 heterocycles. The van der Waals surface area contributed by atoms with Crippen LogP contribution >= 0.6 is 11.6 Å². The Balaban J connectivity index is 2.22. The molecule has 4 nitrogen and oxygen atoms in total. The van der Waals surface area contributed by atoms with Crippen LogP contribution in [0.3, 0.4) is 0 Å². The summed E-state index contributed by atoms with van der Waals surface area (Å²) in [4.78, 5) is 18.5. The van der Waals surface area contributed by atoms with Crippen molar-refractivity contribution < 1.29 is 4.79 Å². The summed E-state index contributed by atoms with van der Waals surface area (Å²) < 4.78 is 0. The number of amides is 1. The topological polar surface area (TPSA) is 59.2 Å². The Bertz CT molecular complexity index is 458. The average molecular weight is 282 g/mol. The maximum Gasteiger partial charge on any atom is 0.274 e. The summed E-state index contributed by atoms with van der Waals surface area (Å²) in [5.74, 6) is 0.221. The van der Waals surface area contributed by atoms with Crippen molar-refractivity contribution in [2.45, 2.75) is 45.1 Å². The molecule has 1 aromatic heterocycles. The molecule has 1 aliphatic carbocycles. The second-order valence-electron chi connectivity index (χ2n) is 4.95. The Labute approximate surface area is 118 Å². The van der Waals surface area contributed by atoms with Crippen molar-refractivity contribution in [3.63, 3.8) is 0 Å². The van der Waals surface area contributed by atoms with Crippen molar-refractivity contribution in [2.24, 2.45) is 0 Å². The third-order valence-corrected chi connectivity index (χ3v) is 3.99. The van der Waals surface area contributed by atoms with E-state index in [1.807, 2.05) is 11.8 Å². The molecule has 2 rings (SSSR count). The lowest BCUT2D eigenvalue weighted by Crippen LogP contribution is -2.41. The van der Waals surface area contributed by atoms with Crippen LogP contribution in [-0.4, -0.2) is 28.4 Å². The third-order valence-electron chi connectivity index (χ3n) is 3.69. The molecule has 0 spiro atoms. The van der Waals surface area contributed by atoms with E-state index in [2.05, 4.69) is 4.98 Å². The van der Waals surface area contributed by atoms with Crippen LogP contribution in [0.2, 0.25) is 5.02 Å². The van der Waals surface area contributed by atoms with Crippen molar-refractivity contribution >= 4 is 23.3 Å². The van der Waals surface area contributed by atoms with Crippen LogP contribution in [0, 0.1) is 0 Å². The van der Waals surface area contributed by atoms with Gasteiger partial charge in [0.25, 0.3) is 5.91 Å². The van der Waals surface area contributed by atoms with E-state index in [-0.39, 0.29) is 11.6 Å². The standard InChI is InChI=1S/C14H20ClN3O/c1-2-18(10-6-4-3-5-7-10)14(19)13-11(15)8-9-12(16)17-13/h8-10H,2-7H2,1H3,(H2,16,17). The van der Waals surface area contributed by atoms with Gasteiger partial charge in [0.2, 0.25) is 0 Å². The first-order valence-electron chi connectivity index (χ1n) is 6.86. The summed E-state index contributed by atoms with van der Waals surface area (Å²) in [7, 11) is 0. The lowest BCUT2D eigenvalue weighted by Gasteiger charge is -2.33. The molecule has 1 aromatic rings. The number of carbonyl (C=O) groups is 1. The third kappa shape index (κ3) is 3.18. The van der Waals surface area contributed by atoms with Gasteiger partial charge in [-0.1, -0.05) is 30.9 Å². The zero-order valence-electron chi connectivity index (χ0n) is 11.2. The highest BCUT2D eigenvalue weighted by Gasteiger charge is 2.27. The summed E-state index contributed by atoms with van der Waals surface area (Å²) >= 11 is 6.07. The summed E-state index contributed by atoms with van der Waals surface area (Å²) in [5.41, 5.74) is 5.92. The van der Waals surface area contributed by atoms with Gasteiger partial charge in [0.1, 0.15) is 11.5 Å². The highest BCUT2D eigenvalue weighted by molar-refractivity contribution is 6.33. The number of hydrogen-bond donors (Lipinski definition) is 1. The number of carbonyl (C=O) groups excluding carboxylic acids is 1. The Kier molecular flexibility index (Phi) is 4.64. The molecule has 5 heteroatoms. The van der Waals surface area contributed by atoms with Crippen molar-refractivity contribution in [3.05, 3.63) is 22.8 Å². The summed E-state index contributed by atoms with van der Waals surface area (Å²) in [6.07, 6.45) is 5.78. The van der Waals surface area contributed by atoms with Crippen LogP contribution in [0.15, 0.2) is 12.1 Å². The Morgan fingerprint density at radius 1 is 1.42 bits per heavy atom. The minimum atomic E-state index is -0.105. The van der Waals surface area contributed by atoms with E-state index in [4.69, 9.17) is 17.3 Å². The maximum atomic E-state index is 12.6. The maximum absolute atomic E-state index is 12.6. The quantitative estimate of drug-likeness (QED) is 0.926. The summed E-state index contributed by atoms with van der Waals surface area (Å²) in [5, 5.41) is 0.369. The first kappa shape index (κ1) is 14.1. The molecule has 0 radical (unpaired) electrons. The minimum Gasteiger partial charge on any atom is -0.384 e. The number of nitrogens with two attached hydrogens (primary N) is 1. The van der Waals surface area contributed by atoms with Gasteiger partial charge in [0.05, 0.1) is 5.02 Å². The molecule has 0 aliphatic heterocycles. The highest BCUT2D eigenvalue weighted by atomic mass is 35.5. The molecule has 104 valence electrons. The largest absolute Gasteiger partial charge is 0.384 e. The van der Waals surface area contributed by atoms with Gasteiger partial charge in [-0.15, -0.1) is 0 Å². The van der Waals surface area contributed by atoms with Crippen molar-refractivity contribution in [2.75, 3.05) is 12.3 Å². The number of rotatable bonds is 3. The normalized spacial score (nSPS) is 16.3. The molecular weight excluding hydrogens is 262 g/mol. The molecule has 1 amide bonds. The van der Waals surface area contributed by atoms with Crippen molar-refractivity contribution in [3.8, 4) is 0 Å². The first-order valence-corrected chi connectivity index (χ1v) is 7.24. The Morgan fingerprint density at radius 3 is 2.74 bits per heavy atom. The van der Waals surface area contributed by atoms with E-state index in [0.29, 0.717) is 23.4 Å². The summed E-state index contributed by atoms with van der Waals surface area (Å²) in [6, 6.07) is 3.55. The van der Waals surface area contributed by atoms with E-state index >= 15 is 0 Å². The van der Waals surface area contributed by atoms with E-state index in [0.717, 1.165) is 12.8 Å². The molecule has 0 saturated heterocycles. The van der Waals surface area contributed by atoms with E-state index < -0.39 is 0 Å².